The van der Waals surface area contributed by atoms with Gasteiger partial charge >= 0.3 is 0 Å². The molecule has 1 fully saturated rings. The Morgan fingerprint density at radius 2 is 2.00 bits per heavy atom. The lowest BCUT2D eigenvalue weighted by molar-refractivity contribution is -0.126. The first-order valence-electron chi connectivity index (χ1n) is 9.40. The fourth-order valence-corrected chi connectivity index (χ4v) is 4.40. The summed E-state index contributed by atoms with van der Waals surface area (Å²) in [6.07, 6.45) is 6.43. The van der Waals surface area contributed by atoms with Crippen LogP contribution in [0.3, 0.4) is 0 Å². The topological polar surface area (TPSA) is 72.9 Å². The van der Waals surface area contributed by atoms with E-state index in [0.29, 0.717) is 19.0 Å². The standard InChI is InChI=1S/C20H26N4O.ClH/c21-12-14-6-4-9-16(14)20(25)22-13-18-17-10-5-11-19(17)24(23-18)15-7-2-1-3-8-15;/h1-3,7-8,14,16H,4-6,9-13,21H2,(H,22,25);1H/t14-,16-;/m1./s1. The highest BCUT2D eigenvalue weighted by atomic mass is 35.5. The second-order valence-electron chi connectivity index (χ2n) is 7.22. The molecule has 0 bridgehead atoms. The SMILES string of the molecule is Cl.NC[C@H]1CCC[C@H]1C(=O)NCc1nn(-c2ccccc2)c2c1CCC2. The predicted octanol–water partition coefficient (Wildman–Crippen LogP) is 2.77. The number of fused-ring (bicyclic) bond motifs is 1. The first-order chi connectivity index (χ1) is 12.3. The quantitative estimate of drug-likeness (QED) is 0.845. The highest BCUT2D eigenvalue weighted by molar-refractivity contribution is 5.85. The average molecular weight is 375 g/mol. The second-order valence-corrected chi connectivity index (χ2v) is 7.22. The van der Waals surface area contributed by atoms with Crippen molar-refractivity contribution < 1.29 is 4.79 Å². The number of carbonyl (C=O) groups excluding carboxylic acids is 1. The van der Waals surface area contributed by atoms with Crippen LogP contribution in [0.4, 0.5) is 0 Å². The Morgan fingerprint density at radius 3 is 2.77 bits per heavy atom. The van der Waals surface area contributed by atoms with Gasteiger partial charge in [0, 0.05) is 11.6 Å². The van der Waals surface area contributed by atoms with Gasteiger partial charge in [-0.15, -0.1) is 12.4 Å². The molecule has 2 atom stereocenters. The second kappa shape index (κ2) is 8.23. The number of aromatic nitrogens is 2. The van der Waals surface area contributed by atoms with E-state index < -0.39 is 0 Å². The molecule has 26 heavy (non-hydrogen) atoms. The lowest BCUT2D eigenvalue weighted by atomic mass is 9.95. The summed E-state index contributed by atoms with van der Waals surface area (Å²) in [4.78, 5) is 12.6. The smallest absolute Gasteiger partial charge is 0.223 e. The largest absolute Gasteiger partial charge is 0.350 e. The third-order valence-electron chi connectivity index (χ3n) is 5.74. The molecule has 2 aliphatic rings. The van der Waals surface area contributed by atoms with Crippen LogP contribution < -0.4 is 11.1 Å². The maximum Gasteiger partial charge on any atom is 0.223 e. The van der Waals surface area contributed by atoms with E-state index in [1.165, 1.54) is 17.7 Å². The monoisotopic (exact) mass is 374 g/mol. The normalized spacial score (nSPS) is 21.3. The van der Waals surface area contributed by atoms with Crippen molar-refractivity contribution in [3.05, 3.63) is 47.3 Å². The Morgan fingerprint density at radius 1 is 1.19 bits per heavy atom. The van der Waals surface area contributed by atoms with Gasteiger partial charge in [-0.1, -0.05) is 24.6 Å². The fourth-order valence-electron chi connectivity index (χ4n) is 4.40. The third-order valence-corrected chi connectivity index (χ3v) is 5.74. The number of hydrogen-bond donors (Lipinski definition) is 2. The molecule has 1 heterocycles. The molecule has 2 aromatic rings. The van der Waals surface area contributed by atoms with Gasteiger partial charge < -0.3 is 11.1 Å². The summed E-state index contributed by atoms with van der Waals surface area (Å²) in [7, 11) is 0. The van der Waals surface area contributed by atoms with Crippen LogP contribution in [0.5, 0.6) is 0 Å². The molecular weight excluding hydrogens is 348 g/mol. The number of nitrogens with two attached hydrogens (primary N) is 1. The summed E-state index contributed by atoms with van der Waals surface area (Å²) >= 11 is 0. The van der Waals surface area contributed by atoms with E-state index in [-0.39, 0.29) is 24.2 Å². The summed E-state index contributed by atoms with van der Waals surface area (Å²) in [5.41, 5.74) is 10.6. The molecule has 1 amide bonds. The summed E-state index contributed by atoms with van der Waals surface area (Å²) in [6.45, 7) is 1.13. The zero-order valence-corrected chi connectivity index (χ0v) is 15.8. The number of carbonyl (C=O) groups is 1. The molecule has 1 aromatic heterocycles. The maximum absolute atomic E-state index is 12.6. The van der Waals surface area contributed by atoms with Crippen molar-refractivity contribution in [1.82, 2.24) is 15.1 Å². The zero-order valence-electron chi connectivity index (χ0n) is 15.0. The molecule has 0 spiro atoms. The Hall–Kier alpha value is -1.85. The van der Waals surface area contributed by atoms with E-state index in [1.54, 1.807) is 0 Å². The van der Waals surface area contributed by atoms with Gasteiger partial charge in [0.15, 0.2) is 0 Å². The lowest BCUT2D eigenvalue weighted by Crippen LogP contribution is -2.35. The van der Waals surface area contributed by atoms with Crippen molar-refractivity contribution in [2.24, 2.45) is 17.6 Å². The van der Waals surface area contributed by atoms with E-state index in [4.69, 9.17) is 10.8 Å². The van der Waals surface area contributed by atoms with Gasteiger partial charge in [-0.05, 0) is 62.3 Å². The molecule has 0 radical (unpaired) electrons. The van der Waals surface area contributed by atoms with Crippen molar-refractivity contribution in [2.45, 2.75) is 45.1 Å². The molecule has 4 rings (SSSR count). The van der Waals surface area contributed by atoms with Crippen molar-refractivity contribution in [3.8, 4) is 5.69 Å². The molecule has 2 aliphatic carbocycles. The molecule has 0 unspecified atom stereocenters. The minimum atomic E-state index is 0. The summed E-state index contributed by atoms with van der Waals surface area (Å²) in [5.74, 6) is 0.566. The van der Waals surface area contributed by atoms with Crippen LogP contribution in [0.25, 0.3) is 5.69 Å². The first kappa shape index (κ1) is 18.9. The number of para-hydroxylation sites is 1. The summed E-state index contributed by atoms with van der Waals surface area (Å²) in [6, 6.07) is 10.3. The predicted molar refractivity (Wildman–Crippen MR) is 105 cm³/mol. The Kier molecular flexibility index (Phi) is 5.99. The number of benzene rings is 1. The minimum Gasteiger partial charge on any atom is -0.350 e. The maximum atomic E-state index is 12.6. The Balaban J connectivity index is 0.00000196. The number of hydrogen-bond acceptors (Lipinski definition) is 3. The van der Waals surface area contributed by atoms with Crippen molar-refractivity contribution in [3.63, 3.8) is 0 Å². The van der Waals surface area contributed by atoms with Crippen LogP contribution >= 0.6 is 12.4 Å². The molecule has 5 nitrogen and oxygen atoms in total. The zero-order chi connectivity index (χ0) is 17.2. The van der Waals surface area contributed by atoms with Gasteiger partial charge in [-0.3, -0.25) is 4.79 Å². The van der Waals surface area contributed by atoms with Crippen LogP contribution in [0.2, 0.25) is 0 Å². The van der Waals surface area contributed by atoms with Gasteiger partial charge in [0.05, 0.1) is 17.9 Å². The molecule has 0 saturated heterocycles. The molecule has 1 saturated carbocycles. The molecule has 3 N–H and O–H groups in total. The summed E-state index contributed by atoms with van der Waals surface area (Å²) < 4.78 is 2.06. The third kappa shape index (κ3) is 3.51. The van der Waals surface area contributed by atoms with E-state index in [9.17, 15) is 4.79 Å². The molecule has 1 aromatic carbocycles. The number of halogens is 1. The van der Waals surface area contributed by atoms with Crippen LogP contribution in [-0.2, 0) is 24.2 Å². The van der Waals surface area contributed by atoms with E-state index >= 15 is 0 Å². The molecule has 6 heteroatoms. The molecular formula is C20H27ClN4O. The average Bonchev–Trinajstić information content (AvgIpc) is 3.36. The number of amides is 1. The van der Waals surface area contributed by atoms with E-state index in [0.717, 1.165) is 43.5 Å². The van der Waals surface area contributed by atoms with Crippen molar-refractivity contribution >= 4 is 18.3 Å². The van der Waals surface area contributed by atoms with Crippen LogP contribution in [0.1, 0.15) is 42.6 Å². The van der Waals surface area contributed by atoms with Crippen molar-refractivity contribution in [1.29, 1.82) is 0 Å². The van der Waals surface area contributed by atoms with Crippen molar-refractivity contribution in [2.75, 3.05) is 6.54 Å². The Bertz CT molecular complexity index is 759. The van der Waals surface area contributed by atoms with Gasteiger partial charge in [0.2, 0.25) is 5.91 Å². The van der Waals surface area contributed by atoms with Gasteiger partial charge in [0.1, 0.15) is 0 Å². The minimum absolute atomic E-state index is 0. The Labute approximate surface area is 160 Å². The molecule has 0 aliphatic heterocycles. The summed E-state index contributed by atoms with van der Waals surface area (Å²) in [5, 5.41) is 7.95. The van der Waals surface area contributed by atoms with Gasteiger partial charge in [-0.2, -0.15) is 5.10 Å². The van der Waals surface area contributed by atoms with Crippen LogP contribution in [0.15, 0.2) is 30.3 Å². The van der Waals surface area contributed by atoms with Crippen LogP contribution in [0, 0.1) is 11.8 Å². The van der Waals surface area contributed by atoms with Gasteiger partial charge in [-0.25, -0.2) is 4.68 Å². The highest BCUT2D eigenvalue weighted by Crippen LogP contribution is 2.31. The highest BCUT2D eigenvalue weighted by Gasteiger charge is 2.32. The lowest BCUT2D eigenvalue weighted by Gasteiger charge is -2.17. The first-order valence-corrected chi connectivity index (χ1v) is 9.40. The number of nitrogens with one attached hydrogen (secondary N) is 1. The fraction of sp³-hybridized carbons (Fsp3) is 0.500. The van der Waals surface area contributed by atoms with E-state index in [1.807, 2.05) is 18.2 Å². The number of nitrogens with zero attached hydrogens (tertiary/aromatic N) is 2. The van der Waals surface area contributed by atoms with Gasteiger partial charge in [0.25, 0.3) is 0 Å². The number of rotatable bonds is 5. The van der Waals surface area contributed by atoms with Crippen LogP contribution in [-0.4, -0.2) is 22.2 Å². The van der Waals surface area contributed by atoms with E-state index in [2.05, 4.69) is 22.1 Å². The molecule has 140 valence electrons.